The molecule has 2 amide bonds. The molecule has 10 heteroatoms. The highest BCUT2D eigenvalue weighted by molar-refractivity contribution is 7.99. The second-order valence-corrected chi connectivity index (χ2v) is 7.32. The number of carbonyl (C=O) groups is 2. The summed E-state index contributed by atoms with van der Waals surface area (Å²) in [6, 6.07) is 13.1. The molecule has 1 heterocycles. The van der Waals surface area contributed by atoms with E-state index in [2.05, 4.69) is 20.8 Å². The van der Waals surface area contributed by atoms with Gasteiger partial charge >= 0.3 is 0 Å². The first-order chi connectivity index (χ1) is 15.0. The molecule has 0 fully saturated rings. The van der Waals surface area contributed by atoms with E-state index < -0.39 is 0 Å². The van der Waals surface area contributed by atoms with Crippen LogP contribution in [-0.2, 0) is 16.0 Å². The maximum Gasteiger partial charge on any atom is 0.277 e. The fraction of sp³-hybridized carbons (Fsp3) is 0.238. The largest absolute Gasteiger partial charge is 0.497 e. The Morgan fingerprint density at radius 2 is 1.81 bits per heavy atom. The van der Waals surface area contributed by atoms with Crippen molar-refractivity contribution in [1.29, 1.82) is 0 Å². The monoisotopic (exact) mass is 444 g/mol. The lowest BCUT2D eigenvalue weighted by Crippen LogP contribution is -2.36. The van der Waals surface area contributed by atoms with Gasteiger partial charge in [-0.15, -0.1) is 10.2 Å². The zero-order valence-corrected chi connectivity index (χ0v) is 17.6. The average Bonchev–Trinajstić information content (AvgIpc) is 3.24. The third-order valence-electron chi connectivity index (χ3n) is 4.09. The Morgan fingerprint density at radius 1 is 1.06 bits per heavy atom. The summed E-state index contributed by atoms with van der Waals surface area (Å²) < 4.78 is 23.8. The van der Waals surface area contributed by atoms with E-state index >= 15 is 0 Å². The molecule has 0 saturated heterocycles. The summed E-state index contributed by atoms with van der Waals surface area (Å²) in [6.45, 7) is 0.544. The Morgan fingerprint density at radius 3 is 2.52 bits per heavy atom. The number of nitrogens with one attached hydrogen (secondary N) is 2. The summed E-state index contributed by atoms with van der Waals surface area (Å²) in [6.07, 6.45) is 0.0786. The minimum Gasteiger partial charge on any atom is -0.497 e. The quantitative estimate of drug-likeness (QED) is 0.365. The topological polar surface area (TPSA) is 106 Å². The van der Waals surface area contributed by atoms with Crippen LogP contribution in [-0.4, -0.2) is 48.0 Å². The van der Waals surface area contributed by atoms with Crippen molar-refractivity contribution in [3.8, 4) is 17.2 Å². The molecule has 0 aliphatic rings. The van der Waals surface area contributed by atoms with Gasteiger partial charge < -0.3 is 19.8 Å². The normalized spacial score (nSPS) is 10.5. The van der Waals surface area contributed by atoms with Gasteiger partial charge in [-0.05, 0) is 42.0 Å². The number of carbonyl (C=O) groups excluding carboxylic acids is 2. The maximum atomic E-state index is 13.1. The summed E-state index contributed by atoms with van der Waals surface area (Å²) in [5.74, 6) is 0.319. The SMILES string of the molecule is COc1ccc(-c2nnc(SCC(=O)NCCNC(=O)Cc3cccc(F)c3)o2)cc1. The lowest BCUT2D eigenvalue weighted by atomic mass is 10.1. The Bertz CT molecular complexity index is 1030. The molecule has 0 radical (unpaired) electrons. The van der Waals surface area contributed by atoms with Gasteiger partial charge in [0.25, 0.3) is 5.22 Å². The lowest BCUT2D eigenvalue weighted by Gasteiger charge is -2.07. The number of benzene rings is 2. The zero-order chi connectivity index (χ0) is 22.1. The van der Waals surface area contributed by atoms with Crippen LogP contribution in [0.1, 0.15) is 5.56 Å². The van der Waals surface area contributed by atoms with E-state index in [4.69, 9.17) is 9.15 Å². The molecule has 162 valence electrons. The predicted octanol–water partition coefficient (Wildman–Crippen LogP) is 2.45. The number of methoxy groups -OCH3 is 1. The highest BCUT2D eigenvalue weighted by Crippen LogP contribution is 2.24. The molecule has 31 heavy (non-hydrogen) atoms. The van der Waals surface area contributed by atoms with Gasteiger partial charge in [0.1, 0.15) is 11.6 Å². The molecule has 0 aliphatic carbocycles. The molecular formula is C21H21FN4O4S. The van der Waals surface area contributed by atoms with E-state index in [1.165, 1.54) is 12.1 Å². The fourth-order valence-corrected chi connectivity index (χ4v) is 3.19. The number of hydrogen-bond donors (Lipinski definition) is 2. The number of aromatic nitrogens is 2. The summed E-state index contributed by atoms with van der Waals surface area (Å²) in [5.41, 5.74) is 1.34. The third-order valence-corrected chi connectivity index (χ3v) is 4.91. The maximum absolute atomic E-state index is 13.1. The summed E-state index contributed by atoms with van der Waals surface area (Å²) in [5, 5.41) is 13.6. The number of ether oxygens (including phenoxy) is 1. The minimum atomic E-state index is -0.382. The highest BCUT2D eigenvalue weighted by Gasteiger charge is 2.11. The number of halogens is 1. The van der Waals surface area contributed by atoms with Gasteiger partial charge in [-0.1, -0.05) is 23.9 Å². The first kappa shape index (κ1) is 22.3. The van der Waals surface area contributed by atoms with Crippen LogP contribution in [0.25, 0.3) is 11.5 Å². The van der Waals surface area contributed by atoms with Crippen molar-refractivity contribution < 1.29 is 23.1 Å². The van der Waals surface area contributed by atoms with E-state index in [1.54, 1.807) is 43.5 Å². The van der Waals surface area contributed by atoms with E-state index in [0.717, 1.165) is 23.1 Å². The fourth-order valence-electron chi connectivity index (χ4n) is 2.60. The highest BCUT2D eigenvalue weighted by atomic mass is 32.2. The minimum absolute atomic E-state index is 0.0786. The van der Waals surface area contributed by atoms with E-state index in [0.29, 0.717) is 11.5 Å². The van der Waals surface area contributed by atoms with Crippen LogP contribution >= 0.6 is 11.8 Å². The lowest BCUT2D eigenvalue weighted by molar-refractivity contribution is -0.121. The summed E-state index contributed by atoms with van der Waals surface area (Å²) >= 11 is 1.12. The third kappa shape index (κ3) is 7.10. The van der Waals surface area contributed by atoms with E-state index in [9.17, 15) is 14.0 Å². The molecule has 0 atom stereocenters. The van der Waals surface area contributed by atoms with Crippen LogP contribution in [0.4, 0.5) is 4.39 Å². The van der Waals surface area contributed by atoms with Crippen LogP contribution in [0.3, 0.4) is 0 Å². The molecule has 2 N–H and O–H groups in total. The average molecular weight is 444 g/mol. The van der Waals surface area contributed by atoms with Gasteiger partial charge in [0, 0.05) is 18.7 Å². The Kier molecular flexibility index (Phi) is 7.99. The second kappa shape index (κ2) is 11.1. The molecule has 0 unspecified atom stereocenters. The number of rotatable bonds is 10. The van der Waals surface area contributed by atoms with Gasteiger partial charge in [-0.2, -0.15) is 0 Å². The van der Waals surface area contributed by atoms with Gasteiger partial charge in [-0.25, -0.2) is 4.39 Å². The van der Waals surface area contributed by atoms with Crippen molar-refractivity contribution in [2.75, 3.05) is 26.0 Å². The number of nitrogens with zero attached hydrogens (tertiary/aromatic N) is 2. The molecule has 0 aliphatic heterocycles. The zero-order valence-electron chi connectivity index (χ0n) is 16.8. The van der Waals surface area contributed by atoms with Crippen molar-refractivity contribution in [2.45, 2.75) is 11.6 Å². The molecule has 3 rings (SSSR count). The molecule has 0 saturated carbocycles. The van der Waals surface area contributed by atoms with Crippen LogP contribution in [0.15, 0.2) is 58.2 Å². The van der Waals surface area contributed by atoms with Crippen LogP contribution in [0, 0.1) is 5.82 Å². The first-order valence-electron chi connectivity index (χ1n) is 9.42. The number of amides is 2. The van der Waals surface area contributed by atoms with Crippen LogP contribution < -0.4 is 15.4 Å². The Hall–Kier alpha value is -3.40. The van der Waals surface area contributed by atoms with Crippen LogP contribution in [0.5, 0.6) is 5.75 Å². The molecular weight excluding hydrogens is 423 g/mol. The van der Waals surface area contributed by atoms with Crippen molar-refractivity contribution in [1.82, 2.24) is 20.8 Å². The summed E-state index contributed by atoms with van der Waals surface area (Å²) in [7, 11) is 1.59. The molecule has 0 bridgehead atoms. The molecule has 2 aromatic carbocycles. The van der Waals surface area contributed by atoms with E-state index in [1.807, 2.05) is 0 Å². The Labute approximate surface area is 182 Å². The van der Waals surface area contributed by atoms with Crippen molar-refractivity contribution in [3.05, 3.63) is 59.9 Å². The van der Waals surface area contributed by atoms with Crippen molar-refractivity contribution in [3.63, 3.8) is 0 Å². The smallest absolute Gasteiger partial charge is 0.277 e. The second-order valence-electron chi connectivity index (χ2n) is 6.40. The van der Waals surface area contributed by atoms with Gasteiger partial charge in [0.2, 0.25) is 17.7 Å². The molecule has 0 spiro atoms. The van der Waals surface area contributed by atoms with Crippen molar-refractivity contribution >= 4 is 23.6 Å². The van der Waals surface area contributed by atoms with Crippen molar-refractivity contribution in [2.24, 2.45) is 0 Å². The van der Waals surface area contributed by atoms with E-state index in [-0.39, 0.29) is 48.1 Å². The van der Waals surface area contributed by atoms with Gasteiger partial charge in [-0.3, -0.25) is 9.59 Å². The Balaban J connectivity index is 1.34. The van der Waals surface area contributed by atoms with Gasteiger partial charge in [0.15, 0.2) is 0 Å². The first-order valence-corrected chi connectivity index (χ1v) is 10.4. The van der Waals surface area contributed by atoms with Crippen LogP contribution in [0.2, 0.25) is 0 Å². The number of thioether (sulfide) groups is 1. The number of hydrogen-bond acceptors (Lipinski definition) is 7. The molecule has 3 aromatic rings. The summed E-state index contributed by atoms with van der Waals surface area (Å²) in [4.78, 5) is 23.8. The predicted molar refractivity (Wildman–Crippen MR) is 113 cm³/mol. The molecule has 1 aromatic heterocycles. The standard InChI is InChI=1S/C21H21FN4O4S/c1-29-17-7-5-15(6-8-17)20-25-26-21(30-20)31-13-19(28)24-10-9-23-18(27)12-14-3-2-4-16(22)11-14/h2-8,11H,9-10,12-13H2,1H3,(H,23,27)(H,24,28). The molecule has 8 nitrogen and oxygen atoms in total. The van der Waals surface area contributed by atoms with Gasteiger partial charge in [0.05, 0.1) is 19.3 Å².